The first kappa shape index (κ1) is 12.4. The number of carbonyl (C=O) groups is 1. The molecular formula is C9H18OS2. The molecule has 0 aromatic rings. The van der Waals surface area contributed by atoms with E-state index in [-0.39, 0.29) is 15.9 Å². The second kappa shape index (κ2) is 4.05. The molecule has 0 N–H and O–H groups in total. The van der Waals surface area contributed by atoms with E-state index >= 15 is 0 Å². The van der Waals surface area contributed by atoms with E-state index in [2.05, 4.69) is 13.8 Å². The van der Waals surface area contributed by atoms with E-state index in [9.17, 15) is 4.79 Å². The molecule has 0 radical (unpaired) electrons. The Morgan fingerprint density at radius 3 is 1.83 bits per heavy atom. The summed E-state index contributed by atoms with van der Waals surface area (Å²) in [5.41, 5.74) is -0.249. The van der Waals surface area contributed by atoms with E-state index in [4.69, 9.17) is 0 Å². The molecule has 0 heterocycles. The molecule has 0 atom stereocenters. The van der Waals surface area contributed by atoms with Crippen LogP contribution in [0.2, 0.25) is 0 Å². The van der Waals surface area contributed by atoms with E-state index in [0.717, 1.165) is 0 Å². The van der Waals surface area contributed by atoms with Gasteiger partial charge < -0.3 is 0 Å². The van der Waals surface area contributed by atoms with Crippen molar-refractivity contribution < 1.29 is 4.79 Å². The first-order chi connectivity index (χ1) is 5.25. The van der Waals surface area contributed by atoms with Crippen LogP contribution in [-0.2, 0) is 4.79 Å². The fourth-order valence-corrected chi connectivity index (χ4v) is 3.38. The summed E-state index contributed by atoms with van der Waals surface area (Å²) in [5.74, 6) is 0.258. The predicted octanol–water partition coefficient (Wildman–Crippen LogP) is 3.39. The second-order valence-corrected chi connectivity index (χ2v) is 6.96. The van der Waals surface area contributed by atoms with Crippen LogP contribution in [0.5, 0.6) is 0 Å². The molecule has 0 fully saturated rings. The van der Waals surface area contributed by atoms with Crippen LogP contribution in [-0.4, -0.2) is 16.8 Å². The summed E-state index contributed by atoms with van der Waals surface area (Å²) in [6.45, 7) is 9.94. The highest BCUT2D eigenvalue weighted by Crippen LogP contribution is 2.46. The van der Waals surface area contributed by atoms with Crippen molar-refractivity contribution in [3.05, 3.63) is 0 Å². The van der Waals surface area contributed by atoms with Crippen LogP contribution in [0.15, 0.2) is 0 Å². The predicted molar refractivity (Wildman–Crippen MR) is 59.6 cm³/mol. The highest BCUT2D eigenvalue weighted by molar-refractivity contribution is 8.77. The fraction of sp³-hybridized carbons (Fsp3) is 0.889. The van der Waals surface area contributed by atoms with Crippen LogP contribution >= 0.6 is 21.6 Å². The van der Waals surface area contributed by atoms with Crippen LogP contribution in [0.1, 0.15) is 34.6 Å². The summed E-state index contributed by atoms with van der Waals surface area (Å²) in [5, 5.41) is 0. The van der Waals surface area contributed by atoms with Gasteiger partial charge in [-0.05, 0) is 27.0 Å². The lowest BCUT2D eigenvalue weighted by atomic mass is 9.77. The summed E-state index contributed by atoms with van der Waals surface area (Å²) in [6, 6.07) is 0. The molecule has 0 aliphatic rings. The molecule has 0 bridgehead atoms. The van der Waals surface area contributed by atoms with Gasteiger partial charge in [-0.3, -0.25) is 4.79 Å². The maximum atomic E-state index is 11.4. The molecule has 72 valence electrons. The van der Waals surface area contributed by atoms with Crippen LogP contribution in [0.3, 0.4) is 0 Å². The Morgan fingerprint density at radius 2 is 1.58 bits per heavy atom. The van der Waals surface area contributed by atoms with E-state index in [1.807, 2.05) is 20.1 Å². The minimum atomic E-state index is -0.249. The lowest BCUT2D eigenvalue weighted by Crippen LogP contribution is -2.40. The Morgan fingerprint density at radius 1 is 1.17 bits per heavy atom. The highest BCUT2D eigenvalue weighted by atomic mass is 33.1. The van der Waals surface area contributed by atoms with Gasteiger partial charge in [0, 0.05) is 10.2 Å². The van der Waals surface area contributed by atoms with Gasteiger partial charge >= 0.3 is 0 Å². The van der Waals surface area contributed by atoms with Crippen molar-refractivity contribution in [3.8, 4) is 0 Å². The van der Waals surface area contributed by atoms with Crippen LogP contribution in [0.4, 0.5) is 0 Å². The maximum Gasteiger partial charge on any atom is 0.136 e. The molecule has 0 amide bonds. The fourth-order valence-electron chi connectivity index (χ4n) is 0.736. The molecule has 0 aromatic carbocycles. The van der Waals surface area contributed by atoms with Crippen LogP contribution < -0.4 is 0 Å². The van der Waals surface area contributed by atoms with Crippen molar-refractivity contribution in [2.24, 2.45) is 5.41 Å². The van der Waals surface area contributed by atoms with E-state index < -0.39 is 0 Å². The molecule has 0 unspecified atom stereocenters. The monoisotopic (exact) mass is 206 g/mol. The molecule has 3 heteroatoms. The van der Waals surface area contributed by atoms with Crippen molar-refractivity contribution in [1.82, 2.24) is 0 Å². The largest absolute Gasteiger partial charge is 0.299 e. The minimum Gasteiger partial charge on any atom is -0.299 e. The van der Waals surface area contributed by atoms with Gasteiger partial charge in [0.15, 0.2) is 0 Å². The number of rotatable bonds is 4. The van der Waals surface area contributed by atoms with Gasteiger partial charge in [0.05, 0.1) is 0 Å². The summed E-state index contributed by atoms with van der Waals surface area (Å²) in [4.78, 5) is 11.4. The zero-order valence-electron chi connectivity index (χ0n) is 8.72. The van der Waals surface area contributed by atoms with E-state index in [1.165, 1.54) is 0 Å². The summed E-state index contributed by atoms with van der Waals surface area (Å²) >= 11 is 0. The first-order valence-corrected chi connectivity index (χ1v) is 6.54. The van der Waals surface area contributed by atoms with Crippen molar-refractivity contribution in [2.75, 3.05) is 6.26 Å². The molecular weight excluding hydrogens is 188 g/mol. The summed E-state index contributed by atoms with van der Waals surface area (Å²) in [7, 11) is 3.48. The van der Waals surface area contributed by atoms with Gasteiger partial charge in [0.25, 0.3) is 0 Å². The number of hydrogen-bond donors (Lipinski definition) is 0. The average Bonchev–Trinajstić information content (AvgIpc) is 1.86. The Labute approximate surface area is 83.5 Å². The first-order valence-electron chi connectivity index (χ1n) is 3.98. The molecule has 0 aromatic heterocycles. The smallest absolute Gasteiger partial charge is 0.136 e. The Bertz CT molecular complexity index is 173. The molecule has 0 saturated heterocycles. The Hall–Kier alpha value is 0.370. The Balaban J connectivity index is 4.62. The topological polar surface area (TPSA) is 17.1 Å². The Kier molecular flexibility index (Phi) is 4.18. The third-order valence-corrected chi connectivity index (χ3v) is 5.52. The maximum absolute atomic E-state index is 11.4. The highest BCUT2D eigenvalue weighted by Gasteiger charge is 2.41. The molecule has 1 nitrogen and oxygen atoms in total. The zero-order chi connectivity index (χ0) is 9.99. The third kappa shape index (κ3) is 2.43. The number of hydrogen-bond acceptors (Lipinski definition) is 3. The third-order valence-electron chi connectivity index (χ3n) is 2.68. The standard InChI is InChI=1S/C9H18OS2/c1-7(10)8(2,3)9(4,5)12-11-6/h1-6H3. The van der Waals surface area contributed by atoms with Crippen molar-refractivity contribution in [3.63, 3.8) is 0 Å². The van der Waals surface area contributed by atoms with Crippen molar-refractivity contribution in [2.45, 2.75) is 39.4 Å². The summed E-state index contributed by atoms with van der Waals surface area (Å²) in [6.07, 6.45) is 2.04. The molecule has 0 aliphatic carbocycles. The minimum absolute atomic E-state index is 0.00174. The summed E-state index contributed by atoms with van der Waals surface area (Å²) < 4.78 is -0.00174. The van der Waals surface area contributed by atoms with Crippen LogP contribution in [0, 0.1) is 5.41 Å². The van der Waals surface area contributed by atoms with Crippen molar-refractivity contribution in [1.29, 1.82) is 0 Å². The lowest BCUT2D eigenvalue weighted by Gasteiger charge is -2.38. The lowest BCUT2D eigenvalue weighted by molar-refractivity contribution is -0.126. The van der Waals surface area contributed by atoms with Gasteiger partial charge in [-0.25, -0.2) is 0 Å². The van der Waals surface area contributed by atoms with Gasteiger partial charge in [-0.1, -0.05) is 35.4 Å². The molecule has 0 spiro atoms. The van der Waals surface area contributed by atoms with Gasteiger partial charge in [-0.2, -0.15) is 0 Å². The molecule has 0 rings (SSSR count). The SMILES string of the molecule is CSSC(C)(C)C(C)(C)C(C)=O. The zero-order valence-corrected chi connectivity index (χ0v) is 10.4. The van der Waals surface area contributed by atoms with Gasteiger partial charge in [-0.15, -0.1) is 0 Å². The van der Waals surface area contributed by atoms with Gasteiger partial charge in [0.2, 0.25) is 0 Å². The second-order valence-electron chi connectivity index (χ2n) is 3.94. The van der Waals surface area contributed by atoms with Crippen molar-refractivity contribution >= 4 is 27.4 Å². The quantitative estimate of drug-likeness (QED) is 0.656. The normalized spacial score (nSPS) is 13.2. The average molecular weight is 206 g/mol. The van der Waals surface area contributed by atoms with Gasteiger partial charge in [0.1, 0.15) is 5.78 Å². The molecule has 12 heavy (non-hydrogen) atoms. The van der Waals surface area contributed by atoms with E-state index in [1.54, 1.807) is 28.5 Å². The molecule has 0 saturated carbocycles. The van der Waals surface area contributed by atoms with E-state index in [0.29, 0.717) is 0 Å². The number of carbonyl (C=O) groups excluding carboxylic acids is 1. The number of Topliss-reactive ketones (excluding diaryl/α,β-unsaturated/α-hetero) is 1. The number of ketones is 1. The van der Waals surface area contributed by atoms with Crippen LogP contribution in [0.25, 0.3) is 0 Å². The molecule has 0 aliphatic heterocycles.